The molecule has 0 saturated carbocycles. The molecule has 0 N–H and O–H groups in total. The van der Waals surface area contributed by atoms with Gasteiger partial charge in [0.1, 0.15) is 0 Å². The molecular weight excluding hydrogens is 355 g/mol. The van der Waals surface area contributed by atoms with Gasteiger partial charge >= 0.3 is 0 Å². The molecule has 2 aromatic carbocycles. The van der Waals surface area contributed by atoms with Crippen LogP contribution < -0.4 is 0 Å². The standard InChI is InChI=1S/C19H21I/c1-12-6-8-17(9-7-12)18(11-20)19-15(4)13(2)10-14(3)16(19)5/h6-11H,1-5H3/b18-11+. The van der Waals surface area contributed by atoms with Crippen LogP contribution in [0.3, 0.4) is 0 Å². The lowest BCUT2D eigenvalue weighted by Gasteiger charge is -2.18. The number of rotatable bonds is 2. The van der Waals surface area contributed by atoms with Gasteiger partial charge in [-0.1, -0.05) is 58.5 Å². The van der Waals surface area contributed by atoms with Crippen molar-refractivity contribution in [2.75, 3.05) is 0 Å². The first-order valence-corrected chi connectivity index (χ1v) is 8.15. The Kier molecular flexibility index (Phi) is 4.69. The molecule has 0 atom stereocenters. The third-order valence-electron chi connectivity index (χ3n) is 4.11. The molecule has 0 fully saturated rings. The number of halogens is 1. The SMILES string of the molecule is Cc1ccc(/C(=C\I)c2c(C)c(C)cc(C)c2C)cc1. The Hall–Kier alpha value is -1.09. The van der Waals surface area contributed by atoms with Gasteiger partial charge in [0.05, 0.1) is 0 Å². The van der Waals surface area contributed by atoms with Gasteiger partial charge in [0.15, 0.2) is 0 Å². The molecule has 2 rings (SSSR count). The lowest BCUT2D eigenvalue weighted by atomic mass is 9.87. The van der Waals surface area contributed by atoms with Crippen molar-refractivity contribution < 1.29 is 0 Å². The minimum absolute atomic E-state index is 1.29. The fourth-order valence-corrected chi connectivity index (χ4v) is 3.29. The highest BCUT2D eigenvalue weighted by atomic mass is 127. The summed E-state index contributed by atoms with van der Waals surface area (Å²) < 4.78 is 2.20. The van der Waals surface area contributed by atoms with Crippen molar-refractivity contribution in [2.45, 2.75) is 34.6 Å². The summed E-state index contributed by atoms with van der Waals surface area (Å²) in [6, 6.07) is 11.1. The van der Waals surface area contributed by atoms with Gasteiger partial charge in [-0.25, -0.2) is 0 Å². The molecule has 0 amide bonds. The predicted molar refractivity (Wildman–Crippen MR) is 97.7 cm³/mol. The zero-order chi connectivity index (χ0) is 14.9. The highest BCUT2D eigenvalue weighted by molar-refractivity contribution is 14.1. The van der Waals surface area contributed by atoms with E-state index in [-0.39, 0.29) is 0 Å². The lowest BCUT2D eigenvalue weighted by Crippen LogP contribution is -2.00. The first-order chi connectivity index (χ1) is 9.45. The van der Waals surface area contributed by atoms with E-state index in [2.05, 4.69) is 91.6 Å². The summed E-state index contributed by atoms with van der Waals surface area (Å²) in [5.74, 6) is 0. The highest BCUT2D eigenvalue weighted by Gasteiger charge is 2.13. The normalized spacial score (nSPS) is 11.8. The van der Waals surface area contributed by atoms with Crippen LogP contribution in [0.1, 0.15) is 38.9 Å². The van der Waals surface area contributed by atoms with Crippen molar-refractivity contribution in [2.24, 2.45) is 0 Å². The van der Waals surface area contributed by atoms with Crippen molar-refractivity contribution in [1.29, 1.82) is 0 Å². The molecule has 0 nitrogen and oxygen atoms in total. The van der Waals surface area contributed by atoms with Crippen LogP contribution >= 0.6 is 22.6 Å². The molecule has 0 aromatic heterocycles. The molecule has 2 aromatic rings. The van der Waals surface area contributed by atoms with Crippen molar-refractivity contribution >= 4 is 28.2 Å². The van der Waals surface area contributed by atoms with Gasteiger partial charge in [0.2, 0.25) is 0 Å². The third-order valence-corrected chi connectivity index (χ3v) is 4.73. The predicted octanol–water partition coefficient (Wildman–Crippen LogP) is 6.05. The molecule has 0 spiro atoms. The Morgan fingerprint density at radius 2 is 1.35 bits per heavy atom. The topological polar surface area (TPSA) is 0 Å². The number of aryl methyl sites for hydroxylation is 3. The van der Waals surface area contributed by atoms with Crippen LogP contribution in [-0.2, 0) is 0 Å². The Bertz CT molecular complexity index is 635. The first kappa shape index (κ1) is 15.3. The second kappa shape index (κ2) is 6.13. The molecule has 0 aliphatic rings. The summed E-state index contributed by atoms with van der Waals surface area (Å²) >= 11 is 2.36. The number of benzene rings is 2. The van der Waals surface area contributed by atoms with E-state index in [1.807, 2.05) is 0 Å². The Morgan fingerprint density at radius 1 is 0.850 bits per heavy atom. The minimum atomic E-state index is 1.29. The van der Waals surface area contributed by atoms with E-state index >= 15 is 0 Å². The molecule has 0 saturated heterocycles. The van der Waals surface area contributed by atoms with Gasteiger partial charge in [-0.05, 0) is 77.7 Å². The molecule has 0 aliphatic heterocycles. The van der Waals surface area contributed by atoms with E-state index in [9.17, 15) is 0 Å². The summed E-state index contributed by atoms with van der Waals surface area (Å²) in [4.78, 5) is 0. The largest absolute Gasteiger partial charge is 0.0587 e. The Labute approximate surface area is 136 Å². The van der Waals surface area contributed by atoms with E-state index in [1.165, 1.54) is 44.5 Å². The van der Waals surface area contributed by atoms with Gasteiger partial charge < -0.3 is 0 Å². The molecule has 104 valence electrons. The number of hydrogen-bond acceptors (Lipinski definition) is 0. The van der Waals surface area contributed by atoms with Crippen LogP contribution in [-0.4, -0.2) is 0 Å². The molecule has 0 bridgehead atoms. The van der Waals surface area contributed by atoms with Crippen molar-refractivity contribution in [3.05, 3.63) is 73.4 Å². The zero-order valence-electron chi connectivity index (χ0n) is 12.8. The monoisotopic (exact) mass is 376 g/mol. The van der Waals surface area contributed by atoms with Crippen molar-refractivity contribution in [3.63, 3.8) is 0 Å². The van der Waals surface area contributed by atoms with Crippen molar-refractivity contribution in [1.82, 2.24) is 0 Å². The summed E-state index contributed by atoms with van der Waals surface area (Å²) in [5.41, 5.74) is 10.8. The second-order valence-corrected chi connectivity index (χ2v) is 6.15. The molecular formula is C19H21I. The summed E-state index contributed by atoms with van der Waals surface area (Å²) in [5, 5.41) is 0. The van der Waals surface area contributed by atoms with Gasteiger partial charge in [-0.15, -0.1) is 0 Å². The Morgan fingerprint density at radius 3 is 1.80 bits per heavy atom. The smallest absolute Gasteiger partial charge is 0.00452 e. The van der Waals surface area contributed by atoms with Crippen LogP contribution in [0.5, 0.6) is 0 Å². The fourth-order valence-electron chi connectivity index (χ4n) is 2.62. The Balaban J connectivity index is 2.68. The summed E-state index contributed by atoms with van der Waals surface area (Å²) in [6.45, 7) is 11.0. The molecule has 20 heavy (non-hydrogen) atoms. The second-order valence-electron chi connectivity index (χ2n) is 5.52. The molecule has 0 unspecified atom stereocenters. The average Bonchev–Trinajstić information content (AvgIpc) is 2.43. The van der Waals surface area contributed by atoms with Gasteiger partial charge in [-0.2, -0.15) is 0 Å². The van der Waals surface area contributed by atoms with Crippen LogP contribution in [0.15, 0.2) is 34.4 Å². The van der Waals surface area contributed by atoms with Crippen LogP contribution in [0.2, 0.25) is 0 Å². The first-order valence-electron chi connectivity index (χ1n) is 6.91. The van der Waals surface area contributed by atoms with E-state index < -0.39 is 0 Å². The number of hydrogen-bond donors (Lipinski definition) is 0. The maximum absolute atomic E-state index is 2.36. The van der Waals surface area contributed by atoms with Crippen LogP contribution in [0.4, 0.5) is 0 Å². The molecule has 0 heterocycles. The molecule has 0 radical (unpaired) electrons. The third kappa shape index (κ3) is 2.83. The van der Waals surface area contributed by atoms with Crippen LogP contribution in [0, 0.1) is 34.6 Å². The van der Waals surface area contributed by atoms with E-state index in [1.54, 1.807) is 0 Å². The maximum Gasteiger partial charge on any atom is -0.00452 e. The van der Waals surface area contributed by atoms with E-state index in [4.69, 9.17) is 0 Å². The van der Waals surface area contributed by atoms with Gasteiger partial charge in [0, 0.05) is 0 Å². The zero-order valence-corrected chi connectivity index (χ0v) is 15.0. The minimum Gasteiger partial charge on any atom is -0.0587 e. The maximum atomic E-state index is 2.36. The van der Waals surface area contributed by atoms with Crippen LogP contribution in [0.25, 0.3) is 5.57 Å². The lowest BCUT2D eigenvalue weighted by molar-refractivity contribution is 1.22. The summed E-state index contributed by atoms with van der Waals surface area (Å²) in [7, 11) is 0. The average molecular weight is 376 g/mol. The van der Waals surface area contributed by atoms with E-state index in [0.717, 1.165) is 0 Å². The molecule has 1 heteroatoms. The van der Waals surface area contributed by atoms with Gasteiger partial charge in [0.25, 0.3) is 0 Å². The quantitative estimate of drug-likeness (QED) is 0.560. The molecule has 0 aliphatic carbocycles. The van der Waals surface area contributed by atoms with Gasteiger partial charge in [-0.3, -0.25) is 0 Å². The fraction of sp³-hybridized carbons (Fsp3) is 0.263. The van der Waals surface area contributed by atoms with Crippen molar-refractivity contribution in [3.8, 4) is 0 Å². The highest BCUT2D eigenvalue weighted by Crippen LogP contribution is 2.33. The summed E-state index contributed by atoms with van der Waals surface area (Å²) in [6.07, 6.45) is 0. The van der Waals surface area contributed by atoms with E-state index in [0.29, 0.717) is 0 Å².